The van der Waals surface area contributed by atoms with Crippen molar-refractivity contribution in [2.24, 2.45) is 17.6 Å². The number of carbonyl (C=O) groups is 3. The Bertz CT molecular complexity index is 1340. The first-order valence-corrected chi connectivity index (χ1v) is 14.7. The van der Waals surface area contributed by atoms with Crippen LogP contribution in [0.4, 0.5) is 24.7 Å². The van der Waals surface area contributed by atoms with Crippen molar-refractivity contribution in [2.45, 2.75) is 89.5 Å². The number of nitrogens with zero attached hydrogens (tertiary/aromatic N) is 2. The second-order valence-corrected chi connectivity index (χ2v) is 12.1. The third kappa shape index (κ3) is 6.39. The molecular formula is C31H38F3N5O3. The Morgan fingerprint density at radius 2 is 1.74 bits per heavy atom. The zero-order valence-corrected chi connectivity index (χ0v) is 24.0. The highest BCUT2D eigenvalue weighted by molar-refractivity contribution is 6.03. The van der Waals surface area contributed by atoms with Crippen LogP contribution in [0.5, 0.6) is 0 Å². The number of halogens is 3. The fourth-order valence-electron chi connectivity index (χ4n) is 6.97. The van der Waals surface area contributed by atoms with Crippen molar-refractivity contribution in [3.63, 3.8) is 0 Å². The van der Waals surface area contributed by atoms with Crippen LogP contribution in [0.1, 0.15) is 94.9 Å². The molecule has 1 saturated heterocycles. The van der Waals surface area contributed by atoms with E-state index in [1.807, 2.05) is 6.07 Å². The highest BCUT2D eigenvalue weighted by atomic mass is 19.4. The first kappa shape index (κ1) is 29.8. The molecule has 2 aromatic rings. The molecule has 2 heterocycles. The molecule has 0 bridgehead atoms. The number of amides is 2. The van der Waals surface area contributed by atoms with E-state index >= 15 is 0 Å². The molecule has 3 unspecified atom stereocenters. The van der Waals surface area contributed by atoms with Crippen LogP contribution >= 0.6 is 0 Å². The number of rotatable bonds is 7. The van der Waals surface area contributed by atoms with Crippen molar-refractivity contribution in [3.8, 4) is 0 Å². The summed E-state index contributed by atoms with van der Waals surface area (Å²) in [6.45, 7) is 4.12. The normalized spacial score (nSPS) is 25.9. The standard InChI is InChI=1S/C31H38F3N5O3/c1-17-12-25(29(35)41)26(37-22-8-6-21(7-9-22)31(32,33)34)15-24(17)30(42)38-23-13-19-4-3-11-39(27(19)14-23)28-10-5-20(16-36-28)18(2)40/h5,10,12,15-16,19,21-23,27,37H,3-4,6-9,11,13-14H2,1-2H3,(H2,35,41)(H,38,42). The summed E-state index contributed by atoms with van der Waals surface area (Å²) in [6, 6.07) is 6.80. The second kappa shape index (κ2) is 11.9. The minimum absolute atomic E-state index is 0.0176. The third-order valence-electron chi connectivity index (χ3n) is 9.24. The molecule has 1 aromatic heterocycles. The van der Waals surface area contributed by atoms with Gasteiger partial charge in [0.25, 0.3) is 11.8 Å². The van der Waals surface area contributed by atoms with E-state index in [1.165, 1.54) is 6.92 Å². The van der Waals surface area contributed by atoms with Gasteiger partial charge >= 0.3 is 6.18 Å². The van der Waals surface area contributed by atoms with E-state index in [0.29, 0.717) is 41.1 Å². The maximum absolute atomic E-state index is 13.5. The van der Waals surface area contributed by atoms with Gasteiger partial charge in [-0.25, -0.2) is 4.98 Å². The average molecular weight is 586 g/mol. The third-order valence-corrected chi connectivity index (χ3v) is 9.24. The number of aromatic nitrogens is 1. The molecule has 5 rings (SSSR count). The number of nitrogens with one attached hydrogen (secondary N) is 2. The minimum atomic E-state index is -4.20. The number of anilines is 2. The van der Waals surface area contributed by atoms with Gasteiger partial charge in [-0.3, -0.25) is 14.4 Å². The molecule has 2 aliphatic carbocycles. The van der Waals surface area contributed by atoms with Gasteiger partial charge in [-0.2, -0.15) is 13.2 Å². The molecular weight excluding hydrogens is 547 g/mol. The van der Waals surface area contributed by atoms with Crippen LogP contribution in [0, 0.1) is 18.8 Å². The summed E-state index contributed by atoms with van der Waals surface area (Å²) >= 11 is 0. The summed E-state index contributed by atoms with van der Waals surface area (Å²) in [6.07, 6.45) is 1.75. The molecule has 2 amide bonds. The molecule has 0 spiro atoms. The van der Waals surface area contributed by atoms with E-state index in [0.717, 1.165) is 38.0 Å². The lowest BCUT2D eigenvalue weighted by Gasteiger charge is -2.38. The van der Waals surface area contributed by atoms with Gasteiger partial charge < -0.3 is 21.3 Å². The quantitative estimate of drug-likeness (QED) is 0.375. The number of fused-ring (bicyclic) bond motifs is 1. The van der Waals surface area contributed by atoms with Gasteiger partial charge in [0.1, 0.15) is 5.82 Å². The number of benzene rings is 1. The van der Waals surface area contributed by atoms with Crippen molar-refractivity contribution in [2.75, 3.05) is 16.8 Å². The van der Waals surface area contributed by atoms with Gasteiger partial charge in [0.05, 0.1) is 11.5 Å². The monoisotopic (exact) mass is 585 g/mol. The number of pyridine rings is 1. The molecule has 11 heteroatoms. The lowest BCUT2D eigenvalue weighted by Crippen LogP contribution is -2.43. The molecule has 8 nitrogen and oxygen atoms in total. The summed E-state index contributed by atoms with van der Waals surface area (Å²) in [5.74, 6) is -1.03. The number of aryl methyl sites for hydroxylation is 1. The Morgan fingerprint density at radius 1 is 1.00 bits per heavy atom. The number of hydrogen-bond acceptors (Lipinski definition) is 6. The number of nitrogens with two attached hydrogens (primary N) is 1. The fourth-order valence-corrected chi connectivity index (χ4v) is 6.97. The lowest BCUT2D eigenvalue weighted by molar-refractivity contribution is -0.182. The maximum Gasteiger partial charge on any atom is 0.391 e. The van der Waals surface area contributed by atoms with Crippen molar-refractivity contribution in [3.05, 3.63) is 52.7 Å². The van der Waals surface area contributed by atoms with E-state index in [9.17, 15) is 27.6 Å². The Balaban J connectivity index is 1.27. The van der Waals surface area contributed by atoms with Crippen molar-refractivity contribution in [1.29, 1.82) is 0 Å². The van der Waals surface area contributed by atoms with Crippen LogP contribution < -0.4 is 21.3 Å². The molecule has 3 atom stereocenters. The van der Waals surface area contributed by atoms with E-state index in [1.54, 1.807) is 31.3 Å². The predicted molar refractivity (Wildman–Crippen MR) is 154 cm³/mol. The Morgan fingerprint density at radius 3 is 2.36 bits per heavy atom. The number of piperidine rings is 1. The van der Waals surface area contributed by atoms with Crippen LogP contribution in [-0.2, 0) is 0 Å². The first-order chi connectivity index (χ1) is 19.9. The molecule has 3 fully saturated rings. The molecule has 42 heavy (non-hydrogen) atoms. The van der Waals surface area contributed by atoms with E-state index in [4.69, 9.17) is 5.73 Å². The van der Waals surface area contributed by atoms with E-state index in [-0.39, 0.29) is 48.2 Å². The zero-order valence-electron chi connectivity index (χ0n) is 24.0. The first-order valence-electron chi connectivity index (χ1n) is 14.7. The largest absolute Gasteiger partial charge is 0.391 e. The molecule has 3 aliphatic rings. The van der Waals surface area contributed by atoms with Gasteiger partial charge in [0.2, 0.25) is 0 Å². The van der Waals surface area contributed by atoms with Crippen LogP contribution in [0.25, 0.3) is 0 Å². The molecule has 1 aromatic carbocycles. The number of ketones is 1. The number of primary amides is 1. The molecule has 1 aliphatic heterocycles. The Hall–Kier alpha value is -3.63. The van der Waals surface area contributed by atoms with Gasteiger partial charge in [0.15, 0.2) is 5.78 Å². The predicted octanol–water partition coefficient (Wildman–Crippen LogP) is 5.40. The van der Waals surface area contributed by atoms with E-state index < -0.39 is 18.0 Å². The average Bonchev–Trinajstić information content (AvgIpc) is 3.36. The van der Waals surface area contributed by atoms with Gasteiger partial charge in [-0.05, 0) is 101 Å². The number of carbonyl (C=O) groups excluding carboxylic acids is 3. The molecule has 226 valence electrons. The zero-order chi connectivity index (χ0) is 30.2. The summed E-state index contributed by atoms with van der Waals surface area (Å²) in [5, 5.41) is 6.40. The summed E-state index contributed by atoms with van der Waals surface area (Å²) < 4.78 is 39.4. The van der Waals surface area contributed by atoms with Crippen molar-refractivity contribution in [1.82, 2.24) is 10.3 Å². The lowest BCUT2D eigenvalue weighted by atomic mass is 9.85. The van der Waals surface area contributed by atoms with Crippen LogP contribution in [0.15, 0.2) is 30.5 Å². The summed E-state index contributed by atoms with van der Waals surface area (Å²) in [4.78, 5) is 44.2. The van der Waals surface area contributed by atoms with Gasteiger partial charge in [-0.15, -0.1) is 0 Å². The van der Waals surface area contributed by atoms with Crippen molar-refractivity contribution >= 4 is 29.1 Å². The number of Topliss-reactive ketones (excluding diaryl/α,β-unsaturated/α-hetero) is 1. The number of hydrogen-bond donors (Lipinski definition) is 3. The molecule has 0 radical (unpaired) electrons. The Labute approximate surface area is 243 Å². The topological polar surface area (TPSA) is 117 Å². The number of alkyl halides is 3. The highest BCUT2D eigenvalue weighted by Crippen LogP contribution is 2.40. The fraction of sp³-hybridized carbons (Fsp3) is 0.548. The SMILES string of the molecule is CC(=O)c1ccc(N2CCCC3CC(NC(=O)c4cc(NC5CCC(C(F)(F)F)CC5)c(C(N)=O)cc4C)CC32)nc1. The second-order valence-electron chi connectivity index (χ2n) is 12.1. The Kier molecular flexibility index (Phi) is 8.48. The summed E-state index contributed by atoms with van der Waals surface area (Å²) in [7, 11) is 0. The maximum atomic E-state index is 13.5. The minimum Gasteiger partial charge on any atom is -0.382 e. The molecule has 2 saturated carbocycles. The van der Waals surface area contributed by atoms with E-state index in [2.05, 4.69) is 20.5 Å². The van der Waals surface area contributed by atoms with Crippen LogP contribution in [0.2, 0.25) is 0 Å². The highest BCUT2D eigenvalue weighted by Gasteiger charge is 2.42. The van der Waals surface area contributed by atoms with Gasteiger partial charge in [-0.1, -0.05) is 0 Å². The van der Waals surface area contributed by atoms with Crippen molar-refractivity contribution < 1.29 is 27.6 Å². The smallest absolute Gasteiger partial charge is 0.382 e. The van der Waals surface area contributed by atoms with Gasteiger partial charge in [0, 0.05) is 47.7 Å². The van der Waals surface area contributed by atoms with Crippen LogP contribution in [-0.4, -0.2) is 53.4 Å². The summed E-state index contributed by atoms with van der Waals surface area (Å²) in [5.41, 5.74) is 7.79. The molecule has 4 N–H and O–H groups in total. The van der Waals surface area contributed by atoms with Crippen LogP contribution in [0.3, 0.4) is 0 Å².